The monoisotopic (exact) mass is 423 g/mol. The summed E-state index contributed by atoms with van der Waals surface area (Å²) in [6, 6.07) is 9.59. The maximum atomic E-state index is 9.62. The number of benzene rings is 2. The van der Waals surface area contributed by atoms with Crippen molar-refractivity contribution in [1.29, 1.82) is 0 Å². The number of hydrogen-bond donors (Lipinski definition) is 2. The standard InChI is InChI=1S/C20H14ClN5O2S/c21-18-12(1-2-16-15(18)9-23-24-16)8-17-25-26-20(29-17)14-6-11(10-27)5-13(7-14)19-22-3-4-28-19/h1-7,9,27H,8,10H2,(H,23,24). The summed E-state index contributed by atoms with van der Waals surface area (Å²) >= 11 is 8.01. The molecule has 0 bridgehead atoms. The Hall–Kier alpha value is -3.07. The van der Waals surface area contributed by atoms with Crippen molar-refractivity contribution in [2.24, 2.45) is 0 Å². The van der Waals surface area contributed by atoms with Gasteiger partial charge in [-0.2, -0.15) is 5.10 Å². The number of nitrogens with zero attached hydrogens (tertiary/aromatic N) is 4. The second-order valence-corrected chi connectivity index (χ2v) is 7.90. The van der Waals surface area contributed by atoms with Crippen LogP contribution in [-0.2, 0) is 13.0 Å². The van der Waals surface area contributed by atoms with Crippen molar-refractivity contribution in [3.8, 4) is 22.0 Å². The number of aliphatic hydroxyl groups excluding tert-OH is 1. The summed E-state index contributed by atoms with van der Waals surface area (Å²) < 4.78 is 5.39. The van der Waals surface area contributed by atoms with Crippen molar-refractivity contribution < 1.29 is 9.52 Å². The maximum Gasteiger partial charge on any atom is 0.225 e. The number of hydrogen-bond acceptors (Lipinski definition) is 7. The van der Waals surface area contributed by atoms with Gasteiger partial charge in [-0.15, -0.1) is 10.2 Å². The highest BCUT2D eigenvalue weighted by molar-refractivity contribution is 7.14. The van der Waals surface area contributed by atoms with Crippen LogP contribution in [-0.4, -0.2) is 30.5 Å². The molecule has 2 N–H and O–H groups in total. The Balaban J connectivity index is 1.48. The van der Waals surface area contributed by atoms with Gasteiger partial charge in [0.2, 0.25) is 5.89 Å². The Morgan fingerprint density at radius 1 is 1.14 bits per heavy atom. The first-order chi connectivity index (χ1) is 14.2. The highest BCUT2D eigenvalue weighted by Gasteiger charge is 2.14. The molecular weight excluding hydrogens is 410 g/mol. The van der Waals surface area contributed by atoms with Gasteiger partial charge in [0.25, 0.3) is 0 Å². The van der Waals surface area contributed by atoms with E-state index in [0.717, 1.165) is 43.2 Å². The lowest BCUT2D eigenvalue weighted by molar-refractivity contribution is 0.282. The molecule has 0 unspecified atom stereocenters. The van der Waals surface area contributed by atoms with E-state index in [9.17, 15) is 5.11 Å². The van der Waals surface area contributed by atoms with Gasteiger partial charge in [0, 0.05) is 22.9 Å². The number of aliphatic hydroxyl groups is 1. The first-order valence-corrected chi connectivity index (χ1v) is 9.98. The van der Waals surface area contributed by atoms with E-state index in [1.54, 1.807) is 12.4 Å². The average Bonchev–Trinajstić information content (AvgIpc) is 3.51. The Labute approximate surface area is 174 Å². The first-order valence-electron chi connectivity index (χ1n) is 8.79. The number of H-pyrrole nitrogens is 1. The smallest absolute Gasteiger partial charge is 0.225 e. The van der Waals surface area contributed by atoms with Crippen LogP contribution in [0, 0.1) is 0 Å². The molecule has 0 aliphatic heterocycles. The molecule has 29 heavy (non-hydrogen) atoms. The fourth-order valence-corrected chi connectivity index (χ4v) is 4.30. The van der Waals surface area contributed by atoms with Crippen molar-refractivity contribution >= 4 is 33.8 Å². The van der Waals surface area contributed by atoms with Crippen LogP contribution in [0.5, 0.6) is 0 Å². The minimum Gasteiger partial charge on any atom is -0.445 e. The molecule has 0 saturated carbocycles. The van der Waals surface area contributed by atoms with E-state index in [1.807, 2.05) is 30.3 Å². The van der Waals surface area contributed by atoms with Crippen LogP contribution < -0.4 is 0 Å². The van der Waals surface area contributed by atoms with Crippen LogP contribution in [0.4, 0.5) is 0 Å². The van der Waals surface area contributed by atoms with Gasteiger partial charge in [-0.25, -0.2) is 4.98 Å². The van der Waals surface area contributed by atoms with E-state index in [2.05, 4.69) is 25.4 Å². The quantitative estimate of drug-likeness (QED) is 0.432. The third-order valence-electron chi connectivity index (χ3n) is 4.55. The molecule has 144 valence electrons. The molecule has 0 amide bonds. The molecule has 0 aliphatic carbocycles. The fourth-order valence-electron chi connectivity index (χ4n) is 3.17. The Morgan fingerprint density at radius 3 is 2.86 bits per heavy atom. The third-order valence-corrected chi connectivity index (χ3v) is 5.97. The Bertz CT molecular complexity index is 1300. The van der Waals surface area contributed by atoms with Crippen LogP contribution in [0.25, 0.3) is 32.9 Å². The molecule has 2 aromatic carbocycles. The molecule has 3 aromatic heterocycles. The number of halogens is 1. The molecule has 0 saturated heterocycles. The minimum absolute atomic E-state index is 0.0898. The van der Waals surface area contributed by atoms with Crippen LogP contribution in [0.15, 0.2) is 53.4 Å². The van der Waals surface area contributed by atoms with Crippen molar-refractivity contribution in [3.63, 3.8) is 0 Å². The lowest BCUT2D eigenvalue weighted by atomic mass is 10.1. The summed E-state index contributed by atoms with van der Waals surface area (Å²) in [6.07, 6.45) is 5.40. The molecule has 5 rings (SSSR count). The molecule has 3 heterocycles. The van der Waals surface area contributed by atoms with Gasteiger partial charge in [-0.05, 0) is 35.4 Å². The summed E-state index contributed by atoms with van der Waals surface area (Å²) in [6.45, 7) is -0.0898. The molecule has 0 atom stereocenters. The number of nitrogens with one attached hydrogen (secondary N) is 1. The highest BCUT2D eigenvalue weighted by atomic mass is 35.5. The van der Waals surface area contributed by atoms with E-state index >= 15 is 0 Å². The Kier molecular flexibility index (Phi) is 4.59. The largest absolute Gasteiger partial charge is 0.445 e. The predicted molar refractivity (Wildman–Crippen MR) is 111 cm³/mol. The molecule has 9 heteroatoms. The number of rotatable bonds is 5. The van der Waals surface area contributed by atoms with E-state index < -0.39 is 0 Å². The van der Waals surface area contributed by atoms with Crippen molar-refractivity contribution in [3.05, 3.63) is 70.1 Å². The second kappa shape index (κ2) is 7.40. The summed E-state index contributed by atoms with van der Waals surface area (Å²) in [5.74, 6) is 0.492. The summed E-state index contributed by atoms with van der Waals surface area (Å²) in [5.41, 5.74) is 4.25. The predicted octanol–water partition coefficient (Wildman–Crippen LogP) is 4.47. The number of aromatic amines is 1. The normalized spacial score (nSPS) is 11.4. The lowest BCUT2D eigenvalue weighted by Crippen LogP contribution is -1.89. The number of fused-ring (bicyclic) bond motifs is 1. The van der Waals surface area contributed by atoms with Gasteiger partial charge in [-0.3, -0.25) is 5.10 Å². The van der Waals surface area contributed by atoms with Gasteiger partial charge in [-0.1, -0.05) is 29.0 Å². The second-order valence-electron chi connectivity index (χ2n) is 6.46. The zero-order valence-corrected chi connectivity index (χ0v) is 16.5. The van der Waals surface area contributed by atoms with E-state index in [0.29, 0.717) is 17.3 Å². The molecule has 0 radical (unpaired) electrons. The topological polar surface area (TPSA) is 101 Å². The first kappa shape index (κ1) is 18.0. The molecule has 0 fully saturated rings. The van der Waals surface area contributed by atoms with Crippen LogP contribution >= 0.6 is 22.9 Å². The van der Waals surface area contributed by atoms with Gasteiger partial charge >= 0.3 is 0 Å². The van der Waals surface area contributed by atoms with Gasteiger partial charge in [0.05, 0.1) is 29.5 Å². The third kappa shape index (κ3) is 3.42. The van der Waals surface area contributed by atoms with Crippen molar-refractivity contribution in [1.82, 2.24) is 25.4 Å². The summed E-state index contributed by atoms with van der Waals surface area (Å²) in [5, 5.41) is 28.4. The van der Waals surface area contributed by atoms with E-state index in [4.69, 9.17) is 16.0 Å². The van der Waals surface area contributed by atoms with Gasteiger partial charge < -0.3 is 9.52 Å². The van der Waals surface area contributed by atoms with Gasteiger partial charge in [0.15, 0.2) is 0 Å². The molecule has 0 aliphatic rings. The van der Waals surface area contributed by atoms with Crippen LogP contribution in [0.3, 0.4) is 0 Å². The maximum absolute atomic E-state index is 9.62. The van der Waals surface area contributed by atoms with Crippen LogP contribution in [0.2, 0.25) is 5.02 Å². The molecular formula is C20H14ClN5O2S. The van der Waals surface area contributed by atoms with Crippen molar-refractivity contribution in [2.45, 2.75) is 13.0 Å². The van der Waals surface area contributed by atoms with Crippen LogP contribution in [0.1, 0.15) is 16.1 Å². The summed E-state index contributed by atoms with van der Waals surface area (Å²) in [4.78, 5) is 4.18. The molecule has 5 aromatic rings. The molecule has 0 spiro atoms. The average molecular weight is 424 g/mol. The number of oxazole rings is 1. The van der Waals surface area contributed by atoms with E-state index in [1.165, 1.54) is 17.6 Å². The number of aromatic nitrogens is 5. The van der Waals surface area contributed by atoms with Crippen molar-refractivity contribution in [2.75, 3.05) is 0 Å². The fraction of sp³-hybridized carbons (Fsp3) is 0.100. The highest BCUT2D eigenvalue weighted by Crippen LogP contribution is 2.32. The Morgan fingerprint density at radius 2 is 2.03 bits per heavy atom. The zero-order chi connectivity index (χ0) is 19.8. The SMILES string of the molecule is OCc1cc(-c2ncco2)cc(-c2nnc(Cc3ccc4[nH]ncc4c3Cl)s2)c1. The molecule has 7 nitrogen and oxygen atoms in total. The van der Waals surface area contributed by atoms with Gasteiger partial charge in [0.1, 0.15) is 16.3 Å². The lowest BCUT2D eigenvalue weighted by Gasteiger charge is -2.04. The zero-order valence-electron chi connectivity index (χ0n) is 15.0. The minimum atomic E-state index is -0.0898. The van der Waals surface area contributed by atoms with E-state index in [-0.39, 0.29) is 6.61 Å². The summed E-state index contributed by atoms with van der Waals surface area (Å²) in [7, 11) is 0.